The average Bonchev–Trinajstić information content (AvgIpc) is 3.19. The van der Waals surface area contributed by atoms with Gasteiger partial charge < -0.3 is 10.2 Å². The summed E-state index contributed by atoms with van der Waals surface area (Å²) in [6.07, 6.45) is 3.60. The van der Waals surface area contributed by atoms with Crippen LogP contribution in [0.25, 0.3) is 0 Å². The Bertz CT molecular complexity index is 413. The van der Waals surface area contributed by atoms with Crippen molar-refractivity contribution in [1.29, 1.82) is 0 Å². The normalized spacial score (nSPS) is 14.3. The lowest BCUT2D eigenvalue weighted by Gasteiger charge is -2.19. The minimum atomic E-state index is 0.126. The number of hydrogen-bond donors (Lipinski definition) is 1. The molecule has 1 aliphatic carbocycles. The predicted molar refractivity (Wildman–Crippen MR) is 74.9 cm³/mol. The average molecular weight is 246 g/mol. The third-order valence-corrected chi connectivity index (χ3v) is 3.30. The van der Waals surface area contributed by atoms with Crippen LogP contribution in [0.2, 0.25) is 0 Å². The fourth-order valence-electron chi connectivity index (χ4n) is 2.06. The van der Waals surface area contributed by atoms with Crippen molar-refractivity contribution in [3.63, 3.8) is 0 Å². The monoisotopic (exact) mass is 246 g/mol. The quantitative estimate of drug-likeness (QED) is 0.837. The van der Waals surface area contributed by atoms with Crippen LogP contribution >= 0.6 is 0 Å². The van der Waals surface area contributed by atoms with E-state index in [0.29, 0.717) is 0 Å². The van der Waals surface area contributed by atoms with Crippen molar-refractivity contribution in [2.75, 3.05) is 25.5 Å². The molecule has 0 atom stereocenters. The van der Waals surface area contributed by atoms with E-state index in [9.17, 15) is 4.79 Å². The van der Waals surface area contributed by atoms with Crippen LogP contribution in [0.5, 0.6) is 0 Å². The first-order valence-electron chi connectivity index (χ1n) is 6.80. The molecule has 0 spiro atoms. The van der Waals surface area contributed by atoms with E-state index in [1.54, 1.807) is 0 Å². The van der Waals surface area contributed by atoms with E-state index in [2.05, 4.69) is 12.2 Å². The molecule has 0 aromatic heterocycles. The topological polar surface area (TPSA) is 32.3 Å². The Balaban J connectivity index is 2.07. The first-order chi connectivity index (χ1) is 8.72. The molecule has 3 nitrogen and oxygen atoms in total. The molecule has 1 saturated carbocycles. The van der Waals surface area contributed by atoms with Crippen molar-refractivity contribution in [2.24, 2.45) is 5.92 Å². The van der Waals surface area contributed by atoms with Gasteiger partial charge in [-0.1, -0.05) is 19.1 Å². The number of anilines is 1. The molecule has 0 unspecified atom stereocenters. The van der Waals surface area contributed by atoms with Crippen molar-refractivity contribution in [3.05, 3.63) is 29.8 Å². The summed E-state index contributed by atoms with van der Waals surface area (Å²) in [4.78, 5) is 14.2. The SMILES string of the molecule is CCCNc1ccccc1C(=O)N(C)CC1CC1. The summed E-state index contributed by atoms with van der Waals surface area (Å²) >= 11 is 0. The zero-order chi connectivity index (χ0) is 13.0. The van der Waals surface area contributed by atoms with E-state index in [1.807, 2.05) is 36.2 Å². The van der Waals surface area contributed by atoms with E-state index in [0.717, 1.165) is 36.7 Å². The maximum atomic E-state index is 12.4. The molecular weight excluding hydrogens is 224 g/mol. The minimum Gasteiger partial charge on any atom is -0.384 e. The Labute approximate surface area is 109 Å². The van der Waals surface area contributed by atoms with E-state index in [-0.39, 0.29) is 5.91 Å². The number of carbonyl (C=O) groups is 1. The van der Waals surface area contributed by atoms with Crippen LogP contribution < -0.4 is 5.32 Å². The number of rotatable bonds is 6. The first kappa shape index (κ1) is 12.9. The molecule has 2 rings (SSSR count). The van der Waals surface area contributed by atoms with Gasteiger partial charge in [-0.3, -0.25) is 4.79 Å². The lowest BCUT2D eigenvalue weighted by Crippen LogP contribution is -2.29. The van der Waals surface area contributed by atoms with Crippen molar-refractivity contribution in [2.45, 2.75) is 26.2 Å². The molecule has 1 amide bonds. The van der Waals surface area contributed by atoms with Gasteiger partial charge in [0.25, 0.3) is 5.91 Å². The number of benzene rings is 1. The zero-order valence-corrected chi connectivity index (χ0v) is 11.3. The summed E-state index contributed by atoms with van der Waals surface area (Å²) in [5, 5.41) is 3.32. The predicted octanol–water partition coefficient (Wildman–Crippen LogP) is 2.99. The largest absolute Gasteiger partial charge is 0.384 e. The maximum Gasteiger partial charge on any atom is 0.255 e. The molecule has 0 bridgehead atoms. The maximum absolute atomic E-state index is 12.4. The molecule has 98 valence electrons. The highest BCUT2D eigenvalue weighted by molar-refractivity contribution is 5.99. The molecule has 3 heteroatoms. The van der Waals surface area contributed by atoms with Crippen molar-refractivity contribution < 1.29 is 4.79 Å². The minimum absolute atomic E-state index is 0.126. The number of para-hydroxylation sites is 1. The second-order valence-corrected chi connectivity index (χ2v) is 5.10. The number of amides is 1. The summed E-state index contributed by atoms with van der Waals surface area (Å²) in [5.74, 6) is 0.857. The Morgan fingerprint density at radius 1 is 1.39 bits per heavy atom. The highest BCUT2D eigenvalue weighted by atomic mass is 16.2. The van der Waals surface area contributed by atoms with Crippen LogP contribution in [0.1, 0.15) is 36.5 Å². The van der Waals surface area contributed by atoms with Crippen molar-refractivity contribution >= 4 is 11.6 Å². The molecule has 18 heavy (non-hydrogen) atoms. The Morgan fingerprint density at radius 2 is 2.11 bits per heavy atom. The Morgan fingerprint density at radius 3 is 2.78 bits per heavy atom. The van der Waals surface area contributed by atoms with Gasteiger partial charge in [0.05, 0.1) is 5.56 Å². The van der Waals surface area contributed by atoms with Crippen LogP contribution in [-0.2, 0) is 0 Å². The van der Waals surface area contributed by atoms with Gasteiger partial charge in [0, 0.05) is 25.8 Å². The molecule has 1 N–H and O–H groups in total. The van der Waals surface area contributed by atoms with Crippen LogP contribution in [0, 0.1) is 5.92 Å². The summed E-state index contributed by atoms with van der Waals surface area (Å²) in [7, 11) is 1.90. The molecule has 1 fully saturated rings. The van der Waals surface area contributed by atoms with Gasteiger partial charge in [-0.05, 0) is 37.3 Å². The molecule has 1 aromatic rings. The number of nitrogens with one attached hydrogen (secondary N) is 1. The van der Waals surface area contributed by atoms with Crippen LogP contribution in [0.3, 0.4) is 0 Å². The summed E-state index contributed by atoms with van der Waals surface area (Å²) in [6, 6.07) is 7.78. The van der Waals surface area contributed by atoms with Gasteiger partial charge in [0.15, 0.2) is 0 Å². The van der Waals surface area contributed by atoms with Crippen LogP contribution in [0.4, 0.5) is 5.69 Å². The third-order valence-electron chi connectivity index (χ3n) is 3.30. The number of carbonyl (C=O) groups excluding carboxylic acids is 1. The first-order valence-corrected chi connectivity index (χ1v) is 6.80. The van der Waals surface area contributed by atoms with Gasteiger partial charge in [-0.25, -0.2) is 0 Å². The second kappa shape index (κ2) is 5.89. The Hall–Kier alpha value is -1.51. The fourth-order valence-corrected chi connectivity index (χ4v) is 2.06. The number of hydrogen-bond acceptors (Lipinski definition) is 2. The summed E-state index contributed by atoms with van der Waals surface area (Å²) < 4.78 is 0. The lowest BCUT2D eigenvalue weighted by molar-refractivity contribution is 0.0789. The second-order valence-electron chi connectivity index (χ2n) is 5.10. The van der Waals surface area contributed by atoms with Crippen LogP contribution in [-0.4, -0.2) is 30.9 Å². The van der Waals surface area contributed by atoms with Gasteiger partial charge in [0.1, 0.15) is 0 Å². The molecule has 0 aliphatic heterocycles. The summed E-state index contributed by atoms with van der Waals surface area (Å²) in [5.41, 5.74) is 1.74. The smallest absolute Gasteiger partial charge is 0.255 e. The van der Waals surface area contributed by atoms with Gasteiger partial charge in [-0.2, -0.15) is 0 Å². The molecule has 1 aromatic carbocycles. The number of nitrogens with zero attached hydrogens (tertiary/aromatic N) is 1. The van der Waals surface area contributed by atoms with E-state index >= 15 is 0 Å². The van der Waals surface area contributed by atoms with E-state index < -0.39 is 0 Å². The molecule has 1 aliphatic rings. The van der Waals surface area contributed by atoms with Gasteiger partial charge in [0.2, 0.25) is 0 Å². The third kappa shape index (κ3) is 3.25. The highest BCUT2D eigenvalue weighted by Crippen LogP contribution is 2.30. The molecule has 0 radical (unpaired) electrons. The highest BCUT2D eigenvalue weighted by Gasteiger charge is 2.25. The Kier molecular flexibility index (Phi) is 4.24. The molecule has 0 heterocycles. The van der Waals surface area contributed by atoms with E-state index in [4.69, 9.17) is 0 Å². The van der Waals surface area contributed by atoms with Crippen molar-refractivity contribution in [1.82, 2.24) is 4.90 Å². The zero-order valence-electron chi connectivity index (χ0n) is 11.3. The lowest BCUT2D eigenvalue weighted by atomic mass is 10.1. The molecular formula is C15H22N2O. The molecule has 0 saturated heterocycles. The fraction of sp³-hybridized carbons (Fsp3) is 0.533. The van der Waals surface area contributed by atoms with Crippen molar-refractivity contribution in [3.8, 4) is 0 Å². The van der Waals surface area contributed by atoms with E-state index in [1.165, 1.54) is 12.8 Å². The van der Waals surface area contributed by atoms with Gasteiger partial charge >= 0.3 is 0 Å². The van der Waals surface area contributed by atoms with Gasteiger partial charge in [-0.15, -0.1) is 0 Å². The summed E-state index contributed by atoms with van der Waals surface area (Å²) in [6.45, 7) is 3.91. The standard InChI is InChI=1S/C15H22N2O/c1-3-10-16-14-7-5-4-6-13(14)15(18)17(2)11-12-8-9-12/h4-7,12,16H,3,8-11H2,1-2H3. The van der Waals surface area contributed by atoms with Crippen LogP contribution in [0.15, 0.2) is 24.3 Å².